The molecule has 2 aliphatic heterocycles. The molecule has 1 N–H and O–H groups in total. The number of hydrogen-bond acceptors (Lipinski definition) is 5. The van der Waals surface area contributed by atoms with Gasteiger partial charge in [-0.3, -0.25) is 10.0 Å². The van der Waals surface area contributed by atoms with Gasteiger partial charge in [-0.05, 0) is 31.4 Å². The first-order chi connectivity index (χ1) is 15.0. The minimum Gasteiger partial charge on any atom is -0.464 e. The molecular weight excluding hydrogens is 392 g/mol. The summed E-state index contributed by atoms with van der Waals surface area (Å²) in [5, 5.41) is 11.7. The molecule has 0 aromatic heterocycles. The maximum atomic E-state index is 13.6. The summed E-state index contributed by atoms with van der Waals surface area (Å²) >= 11 is 0. The number of carbonyl (C=O) groups excluding carboxylic acids is 2. The van der Waals surface area contributed by atoms with Crippen molar-refractivity contribution in [2.24, 2.45) is 11.8 Å². The van der Waals surface area contributed by atoms with Gasteiger partial charge in [-0.25, -0.2) is 9.86 Å². The molecule has 0 bridgehead atoms. The maximum absolute atomic E-state index is 13.6. The van der Waals surface area contributed by atoms with E-state index < -0.39 is 23.8 Å². The third-order valence-corrected chi connectivity index (χ3v) is 6.25. The number of fused-ring (bicyclic) bond motifs is 1. The minimum atomic E-state index is -0.923. The lowest BCUT2D eigenvalue weighted by Gasteiger charge is -2.39. The van der Waals surface area contributed by atoms with E-state index in [-0.39, 0.29) is 18.6 Å². The molecule has 0 saturated carbocycles. The van der Waals surface area contributed by atoms with Crippen molar-refractivity contribution < 1.29 is 19.5 Å². The van der Waals surface area contributed by atoms with Crippen molar-refractivity contribution in [3.8, 4) is 0 Å². The molecule has 2 aromatic carbocycles. The Morgan fingerprint density at radius 2 is 1.65 bits per heavy atom. The number of amides is 1. The Bertz CT molecular complexity index is 960. The predicted octanol–water partition coefficient (Wildman–Crippen LogP) is 3.41. The van der Waals surface area contributed by atoms with Crippen LogP contribution in [0.3, 0.4) is 0 Å². The summed E-state index contributed by atoms with van der Waals surface area (Å²) < 4.78 is 5.30. The lowest BCUT2D eigenvalue weighted by atomic mass is 9.78. The van der Waals surface area contributed by atoms with Gasteiger partial charge in [0.15, 0.2) is 6.04 Å². The number of benzene rings is 2. The van der Waals surface area contributed by atoms with Gasteiger partial charge < -0.3 is 9.64 Å². The molecule has 0 aliphatic carbocycles. The second-order valence-electron chi connectivity index (χ2n) is 8.16. The molecule has 6 heteroatoms. The first-order valence-corrected chi connectivity index (χ1v) is 10.7. The number of hydroxylamine groups is 2. The average molecular weight is 421 g/mol. The van der Waals surface area contributed by atoms with Gasteiger partial charge in [-0.15, -0.1) is 0 Å². The zero-order valence-corrected chi connectivity index (χ0v) is 17.8. The van der Waals surface area contributed by atoms with E-state index in [1.165, 1.54) is 0 Å². The normalized spacial score (nSPS) is 25.3. The van der Waals surface area contributed by atoms with Crippen molar-refractivity contribution in [3.63, 3.8) is 0 Å². The van der Waals surface area contributed by atoms with Crippen LogP contribution in [0.2, 0.25) is 0 Å². The Morgan fingerprint density at radius 3 is 2.26 bits per heavy atom. The molecule has 1 fully saturated rings. The molecule has 0 radical (unpaired) electrons. The second kappa shape index (κ2) is 8.94. The SMILES string of the molecule is CCOC(=O)C1C2C(C=C(C)N1O)C(=O)N(Cc1ccccc1)C2Cc1ccccc1. The zero-order valence-electron chi connectivity index (χ0n) is 17.8. The van der Waals surface area contributed by atoms with Gasteiger partial charge in [0.2, 0.25) is 5.91 Å². The highest BCUT2D eigenvalue weighted by Crippen LogP contribution is 2.43. The highest BCUT2D eigenvalue weighted by molar-refractivity contribution is 5.87. The van der Waals surface area contributed by atoms with Crippen LogP contribution < -0.4 is 0 Å². The number of nitrogens with zero attached hydrogens (tertiary/aromatic N) is 2. The predicted molar refractivity (Wildman–Crippen MR) is 116 cm³/mol. The quantitative estimate of drug-likeness (QED) is 0.726. The van der Waals surface area contributed by atoms with Crippen molar-refractivity contribution in [1.29, 1.82) is 0 Å². The van der Waals surface area contributed by atoms with Crippen molar-refractivity contribution in [2.45, 2.75) is 38.9 Å². The summed E-state index contributed by atoms with van der Waals surface area (Å²) in [6.45, 7) is 4.12. The topological polar surface area (TPSA) is 70.1 Å². The molecule has 2 aliphatic rings. The summed E-state index contributed by atoms with van der Waals surface area (Å²) in [5.41, 5.74) is 2.60. The molecule has 0 spiro atoms. The molecule has 2 aromatic rings. The van der Waals surface area contributed by atoms with Crippen molar-refractivity contribution in [1.82, 2.24) is 9.96 Å². The maximum Gasteiger partial charge on any atom is 0.331 e. The fourth-order valence-electron chi connectivity index (χ4n) is 4.84. The van der Waals surface area contributed by atoms with E-state index in [4.69, 9.17) is 4.74 Å². The summed E-state index contributed by atoms with van der Waals surface area (Å²) in [7, 11) is 0. The van der Waals surface area contributed by atoms with Gasteiger partial charge in [0.25, 0.3) is 0 Å². The molecule has 4 atom stereocenters. The number of likely N-dealkylation sites (tertiary alicyclic amines) is 1. The van der Waals surface area contributed by atoms with Gasteiger partial charge in [0.1, 0.15) is 0 Å². The summed E-state index contributed by atoms with van der Waals surface area (Å²) in [5.74, 6) is -1.41. The number of ether oxygens (including phenoxy) is 1. The highest BCUT2D eigenvalue weighted by atomic mass is 16.6. The van der Waals surface area contributed by atoms with E-state index in [9.17, 15) is 14.8 Å². The third-order valence-electron chi connectivity index (χ3n) is 6.25. The van der Waals surface area contributed by atoms with E-state index in [2.05, 4.69) is 0 Å². The molecule has 4 rings (SSSR count). The number of hydrogen-bond donors (Lipinski definition) is 1. The average Bonchev–Trinajstić information content (AvgIpc) is 3.01. The summed E-state index contributed by atoms with van der Waals surface area (Å²) in [4.78, 5) is 28.3. The standard InChI is InChI=1S/C25H28N2O4/c1-3-31-25(29)23-22-20(14-17(2)27(23)30)24(28)26(16-19-12-8-5-9-13-19)21(22)15-18-10-6-4-7-11-18/h4-14,20-23,30H,3,15-16H2,1-2H3. The van der Waals surface area contributed by atoms with E-state index in [0.717, 1.165) is 16.2 Å². The van der Waals surface area contributed by atoms with Gasteiger partial charge in [0.05, 0.1) is 12.5 Å². The lowest BCUT2D eigenvalue weighted by Crippen LogP contribution is -2.52. The Hall–Kier alpha value is -3.12. The second-order valence-corrected chi connectivity index (χ2v) is 8.16. The Balaban J connectivity index is 1.75. The number of allylic oxidation sites excluding steroid dienone is 1. The van der Waals surface area contributed by atoms with Crippen LogP contribution >= 0.6 is 0 Å². The fraction of sp³-hybridized carbons (Fsp3) is 0.360. The van der Waals surface area contributed by atoms with Crippen LogP contribution in [0, 0.1) is 11.8 Å². The van der Waals surface area contributed by atoms with Crippen molar-refractivity contribution >= 4 is 11.9 Å². The van der Waals surface area contributed by atoms with Crippen LogP contribution in [-0.2, 0) is 27.3 Å². The molecule has 31 heavy (non-hydrogen) atoms. The van der Waals surface area contributed by atoms with Crippen LogP contribution in [0.4, 0.5) is 0 Å². The van der Waals surface area contributed by atoms with E-state index in [1.807, 2.05) is 65.6 Å². The monoisotopic (exact) mass is 420 g/mol. The van der Waals surface area contributed by atoms with Crippen LogP contribution in [0.5, 0.6) is 0 Å². The Labute approximate surface area is 182 Å². The molecule has 4 unspecified atom stereocenters. The van der Waals surface area contributed by atoms with Gasteiger partial charge in [-0.1, -0.05) is 66.7 Å². The van der Waals surface area contributed by atoms with Crippen molar-refractivity contribution in [2.75, 3.05) is 6.61 Å². The number of esters is 1. The van der Waals surface area contributed by atoms with Crippen molar-refractivity contribution in [3.05, 3.63) is 83.6 Å². The minimum absolute atomic E-state index is 0.0171. The van der Waals surface area contributed by atoms with Crippen LogP contribution in [0.1, 0.15) is 25.0 Å². The highest BCUT2D eigenvalue weighted by Gasteiger charge is 2.56. The summed E-state index contributed by atoms with van der Waals surface area (Å²) in [6, 6.07) is 18.6. The number of carbonyl (C=O) groups is 2. The van der Waals surface area contributed by atoms with Gasteiger partial charge >= 0.3 is 5.97 Å². The summed E-state index contributed by atoms with van der Waals surface area (Å²) in [6.07, 6.45) is 2.38. The Morgan fingerprint density at radius 1 is 1.03 bits per heavy atom. The van der Waals surface area contributed by atoms with Crippen LogP contribution in [-0.4, -0.2) is 45.7 Å². The fourth-order valence-corrected chi connectivity index (χ4v) is 4.84. The smallest absolute Gasteiger partial charge is 0.331 e. The molecule has 6 nitrogen and oxygen atoms in total. The van der Waals surface area contributed by atoms with Gasteiger partial charge in [0, 0.05) is 24.2 Å². The molecular formula is C25H28N2O4. The third kappa shape index (κ3) is 4.08. The van der Waals surface area contributed by atoms with E-state index >= 15 is 0 Å². The zero-order chi connectivity index (χ0) is 22.0. The largest absolute Gasteiger partial charge is 0.464 e. The molecule has 2 heterocycles. The molecule has 1 saturated heterocycles. The first-order valence-electron chi connectivity index (χ1n) is 10.7. The van der Waals surface area contributed by atoms with Crippen LogP contribution in [0.25, 0.3) is 0 Å². The number of rotatable bonds is 6. The lowest BCUT2D eigenvalue weighted by molar-refractivity contribution is -0.176. The molecule has 1 amide bonds. The van der Waals surface area contributed by atoms with E-state index in [0.29, 0.717) is 18.7 Å². The van der Waals surface area contributed by atoms with E-state index in [1.54, 1.807) is 19.9 Å². The molecule has 162 valence electrons. The van der Waals surface area contributed by atoms with Crippen LogP contribution in [0.15, 0.2) is 72.4 Å². The first kappa shape index (κ1) is 21.1. The van der Waals surface area contributed by atoms with Gasteiger partial charge in [-0.2, -0.15) is 0 Å². The Kier molecular flexibility index (Phi) is 6.09.